The Labute approximate surface area is 128 Å². The number of aryl methyl sites for hydroxylation is 1. The Morgan fingerprint density at radius 1 is 1.05 bits per heavy atom. The lowest BCUT2D eigenvalue weighted by Gasteiger charge is -2.26. The van der Waals surface area contributed by atoms with Crippen LogP contribution >= 0.6 is 0 Å². The monoisotopic (exact) mass is 307 g/mol. The minimum absolute atomic E-state index is 0.292. The Bertz CT molecular complexity index is 621. The molecule has 1 aromatic carbocycles. The number of nitrogens with zero attached hydrogens (tertiary/aromatic N) is 1. The second-order valence-corrected chi connectivity index (χ2v) is 5.45. The molecule has 3 nitrogen and oxygen atoms in total. The lowest BCUT2D eigenvalue weighted by molar-refractivity contribution is 0.0373. The molecular weight excluding hydrogens is 288 g/mol. The lowest BCUT2D eigenvalue weighted by atomic mass is 10.1. The Morgan fingerprint density at radius 3 is 2.64 bits per heavy atom. The van der Waals surface area contributed by atoms with Crippen molar-refractivity contribution in [3.63, 3.8) is 0 Å². The molecule has 0 aliphatic carbocycles. The van der Waals surface area contributed by atoms with E-state index in [1.54, 1.807) is 6.07 Å². The smallest absolute Gasteiger partial charge is 0.137 e. The van der Waals surface area contributed by atoms with Gasteiger partial charge in [-0.1, -0.05) is 0 Å². The van der Waals surface area contributed by atoms with Gasteiger partial charge in [0.2, 0.25) is 0 Å². The maximum atomic E-state index is 13.7. The summed E-state index contributed by atoms with van der Waals surface area (Å²) in [6.45, 7) is 4.56. The first-order valence-electron chi connectivity index (χ1n) is 7.56. The van der Waals surface area contributed by atoms with E-state index in [1.165, 1.54) is 12.1 Å². The maximum Gasteiger partial charge on any atom is 0.137 e. The molecule has 0 atom stereocenters. The van der Waals surface area contributed by atoms with E-state index in [1.807, 2.05) is 6.07 Å². The molecule has 118 valence electrons. The van der Waals surface area contributed by atoms with Gasteiger partial charge in [-0.2, -0.15) is 0 Å². The zero-order valence-corrected chi connectivity index (χ0v) is 12.4. The van der Waals surface area contributed by atoms with E-state index in [0.717, 1.165) is 57.5 Å². The topological polar surface area (TPSA) is 25.6 Å². The van der Waals surface area contributed by atoms with Gasteiger partial charge in [-0.3, -0.25) is 4.90 Å². The number of rotatable bonds is 5. The van der Waals surface area contributed by atoms with Crippen LogP contribution in [0.4, 0.5) is 8.78 Å². The molecule has 0 radical (unpaired) electrons. The first-order chi connectivity index (χ1) is 10.7. The number of benzene rings is 1. The van der Waals surface area contributed by atoms with Crippen molar-refractivity contribution in [2.24, 2.45) is 0 Å². The number of hydrogen-bond donors (Lipinski definition) is 0. The van der Waals surface area contributed by atoms with Crippen molar-refractivity contribution < 1.29 is 17.9 Å². The van der Waals surface area contributed by atoms with Crippen LogP contribution in [0.15, 0.2) is 34.7 Å². The average Bonchev–Trinajstić information content (AvgIpc) is 2.97. The van der Waals surface area contributed by atoms with Crippen molar-refractivity contribution in [2.45, 2.75) is 12.8 Å². The van der Waals surface area contributed by atoms with Crippen LogP contribution in [0.3, 0.4) is 0 Å². The first-order valence-corrected chi connectivity index (χ1v) is 7.56. The third-order valence-electron chi connectivity index (χ3n) is 3.86. The van der Waals surface area contributed by atoms with Crippen LogP contribution in [-0.2, 0) is 11.2 Å². The SMILES string of the molecule is Fc1ccc(-c2ccc(CCCN3CCOCC3)o2)c(F)c1. The summed E-state index contributed by atoms with van der Waals surface area (Å²) in [4.78, 5) is 2.37. The van der Waals surface area contributed by atoms with Crippen LogP contribution in [0.5, 0.6) is 0 Å². The molecule has 5 heteroatoms. The van der Waals surface area contributed by atoms with Gasteiger partial charge in [0.15, 0.2) is 0 Å². The molecule has 1 aliphatic heterocycles. The van der Waals surface area contributed by atoms with E-state index in [-0.39, 0.29) is 0 Å². The molecule has 0 amide bonds. The molecule has 1 saturated heterocycles. The zero-order chi connectivity index (χ0) is 15.4. The minimum atomic E-state index is -0.603. The minimum Gasteiger partial charge on any atom is -0.461 e. The highest BCUT2D eigenvalue weighted by Gasteiger charge is 2.12. The van der Waals surface area contributed by atoms with Gasteiger partial charge in [0.05, 0.1) is 18.8 Å². The molecule has 0 N–H and O–H groups in total. The summed E-state index contributed by atoms with van der Waals surface area (Å²) < 4.78 is 37.6. The molecule has 0 saturated carbocycles. The zero-order valence-electron chi connectivity index (χ0n) is 12.4. The third-order valence-corrected chi connectivity index (χ3v) is 3.86. The Morgan fingerprint density at radius 2 is 1.86 bits per heavy atom. The van der Waals surface area contributed by atoms with E-state index in [0.29, 0.717) is 11.3 Å². The normalized spacial score (nSPS) is 16.1. The van der Waals surface area contributed by atoms with Gasteiger partial charge < -0.3 is 9.15 Å². The predicted octanol–water partition coefficient (Wildman–Crippen LogP) is 3.49. The number of hydrogen-bond acceptors (Lipinski definition) is 3. The number of morpholine rings is 1. The van der Waals surface area contributed by atoms with E-state index in [9.17, 15) is 8.78 Å². The second-order valence-electron chi connectivity index (χ2n) is 5.45. The molecule has 2 aromatic rings. The Hall–Kier alpha value is -1.72. The number of halogens is 2. The Kier molecular flexibility index (Phi) is 4.85. The molecule has 1 aliphatic rings. The van der Waals surface area contributed by atoms with Crippen molar-refractivity contribution in [1.82, 2.24) is 4.90 Å². The van der Waals surface area contributed by atoms with Crippen LogP contribution in [0.2, 0.25) is 0 Å². The molecule has 0 bridgehead atoms. The van der Waals surface area contributed by atoms with Crippen LogP contribution in [0, 0.1) is 11.6 Å². The molecule has 1 fully saturated rings. The summed E-state index contributed by atoms with van der Waals surface area (Å²) in [5.74, 6) is 0.0821. The van der Waals surface area contributed by atoms with Crippen LogP contribution in [0.1, 0.15) is 12.2 Å². The fourth-order valence-electron chi connectivity index (χ4n) is 2.65. The summed E-state index contributed by atoms with van der Waals surface area (Å²) in [6.07, 6.45) is 1.79. The Balaban J connectivity index is 1.56. The van der Waals surface area contributed by atoms with Crippen molar-refractivity contribution in [3.05, 3.63) is 47.7 Å². The largest absolute Gasteiger partial charge is 0.461 e. The number of ether oxygens (including phenoxy) is 1. The van der Waals surface area contributed by atoms with E-state index < -0.39 is 11.6 Å². The van der Waals surface area contributed by atoms with E-state index in [4.69, 9.17) is 9.15 Å². The van der Waals surface area contributed by atoms with Gasteiger partial charge in [0, 0.05) is 25.6 Å². The second kappa shape index (κ2) is 7.03. The molecule has 3 rings (SSSR count). The van der Waals surface area contributed by atoms with Gasteiger partial charge in [0.1, 0.15) is 23.2 Å². The van der Waals surface area contributed by atoms with E-state index in [2.05, 4.69) is 4.90 Å². The summed E-state index contributed by atoms with van der Waals surface area (Å²) in [6, 6.07) is 7.10. The summed E-state index contributed by atoms with van der Waals surface area (Å²) in [5.41, 5.74) is 0.292. The van der Waals surface area contributed by atoms with Gasteiger partial charge >= 0.3 is 0 Å². The molecule has 1 aromatic heterocycles. The summed E-state index contributed by atoms with van der Waals surface area (Å²) in [7, 11) is 0. The van der Waals surface area contributed by atoms with Crippen LogP contribution < -0.4 is 0 Å². The lowest BCUT2D eigenvalue weighted by Crippen LogP contribution is -2.36. The average molecular weight is 307 g/mol. The standard InChI is InChI=1S/C17H19F2NO2/c18-13-3-5-15(16(19)12-13)17-6-4-14(22-17)2-1-7-20-8-10-21-11-9-20/h3-6,12H,1-2,7-11H2. The quantitative estimate of drug-likeness (QED) is 0.845. The third kappa shape index (κ3) is 3.72. The van der Waals surface area contributed by atoms with Crippen LogP contribution in [0.25, 0.3) is 11.3 Å². The highest BCUT2D eigenvalue weighted by Crippen LogP contribution is 2.26. The van der Waals surface area contributed by atoms with Gasteiger partial charge in [-0.05, 0) is 37.2 Å². The van der Waals surface area contributed by atoms with Crippen LogP contribution in [-0.4, -0.2) is 37.7 Å². The molecule has 0 unspecified atom stereocenters. The fraction of sp³-hybridized carbons (Fsp3) is 0.412. The van der Waals surface area contributed by atoms with Gasteiger partial charge in [-0.25, -0.2) is 8.78 Å². The molecule has 22 heavy (non-hydrogen) atoms. The molecular formula is C17H19F2NO2. The van der Waals surface area contributed by atoms with Gasteiger partial charge in [-0.15, -0.1) is 0 Å². The van der Waals surface area contributed by atoms with Crippen molar-refractivity contribution in [3.8, 4) is 11.3 Å². The maximum absolute atomic E-state index is 13.7. The summed E-state index contributed by atoms with van der Waals surface area (Å²) >= 11 is 0. The van der Waals surface area contributed by atoms with Crippen molar-refractivity contribution in [2.75, 3.05) is 32.8 Å². The predicted molar refractivity (Wildman–Crippen MR) is 79.6 cm³/mol. The van der Waals surface area contributed by atoms with E-state index >= 15 is 0 Å². The summed E-state index contributed by atoms with van der Waals surface area (Å²) in [5, 5.41) is 0. The highest BCUT2D eigenvalue weighted by atomic mass is 19.1. The molecule has 0 spiro atoms. The first kappa shape index (κ1) is 15.2. The number of furan rings is 1. The highest BCUT2D eigenvalue weighted by molar-refractivity contribution is 5.58. The van der Waals surface area contributed by atoms with Crippen molar-refractivity contribution in [1.29, 1.82) is 0 Å². The molecule has 2 heterocycles. The van der Waals surface area contributed by atoms with Crippen molar-refractivity contribution >= 4 is 0 Å². The van der Waals surface area contributed by atoms with Gasteiger partial charge in [0.25, 0.3) is 0 Å². The fourth-order valence-corrected chi connectivity index (χ4v) is 2.65.